The van der Waals surface area contributed by atoms with Crippen LogP contribution in [0.15, 0.2) is 52.9 Å². The van der Waals surface area contributed by atoms with Crippen LogP contribution in [0.1, 0.15) is 27.8 Å². The van der Waals surface area contributed by atoms with Crippen molar-refractivity contribution < 1.29 is 28.6 Å². The van der Waals surface area contributed by atoms with Gasteiger partial charge in [0.1, 0.15) is 29.2 Å². The molecule has 30 heavy (non-hydrogen) atoms. The molecule has 2 aromatic carbocycles. The third-order valence-electron chi connectivity index (χ3n) is 4.66. The van der Waals surface area contributed by atoms with Crippen molar-refractivity contribution in [2.45, 2.75) is 19.1 Å². The number of carbonyl (C=O) groups is 2. The van der Waals surface area contributed by atoms with Gasteiger partial charge in [-0.3, -0.25) is 9.59 Å². The molecule has 8 heteroatoms. The number of hydrogen-bond donors (Lipinski definition) is 3. The third-order valence-corrected chi connectivity index (χ3v) is 4.66. The Morgan fingerprint density at radius 2 is 1.93 bits per heavy atom. The van der Waals surface area contributed by atoms with E-state index in [4.69, 9.17) is 19.6 Å². The predicted molar refractivity (Wildman–Crippen MR) is 110 cm³/mol. The second-order valence-corrected chi connectivity index (χ2v) is 6.77. The van der Waals surface area contributed by atoms with Gasteiger partial charge in [0, 0.05) is 12.5 Å². The minimum absolute atomic E-state index is 0.248. The molecule has 0 bridgehead atoms. The number of nitrogens with two attached hydrogens (primary N) is 1. The van der Waals surface area contributed by atoms with Gasteiger partial charge in [-0.25, -0.2) is 0 Å². The number of methoxy groups -OCH3 is 1. The molecular weight excluding hydrogens is 388 g/mol. The lowest BCUT2D eigenvalue weighted by atomic mass is 10.1. The number of benzene rings is 2. The number of nitrogens with one attached hydrogen (secondary N) is 1. The summed E-state index contributed by atoms with van der Waals surface area (Å²) in [4.78, 5) is 24.1. The smallest absolute Gasteiger partial charge is 0.256 e. The molecule has 158 valence electrons. The minimum atomic E-state index is -1.19. The van der Waals surface area contributed by atoms with Gasteiger partial charge in [-0.05, 0) is 30.7 Å². The van der Waals surface area contributed by atoms with E-state index in [1.807, 2.05) is 30.3 Å². The summed E-state index contributed by atoms with van der Waals surface area (Å²) in [6.07, 6.45) is -0.340. The number of rotatable bonds is 9. The first-order chi connectivity index (χ1) is 14.4. The lowest BCUT2D eigenvalue weighted by Crippen LogP contribution is -2.46. The largest absolute Gasteiger partial charge is 0.483 e. The van der Waals surface area contributed by atoms with Crippen LogP contribution in [0, 0.1) is 6.92 Å². The van der Waals surface area contributed by atoms with Crippen LogP contribution in [0.25, 0.3) is 11.0 Å². The average Bonchev–Trinajstić information content (AvgIpc) is 3.07. The van der Waals surface area contributed by atoms with Gasteiger partial charge in [0.05, 0.1) is 18.8 Å². The van der Waals surface area contributed by atoms with Gasteiger partial charge in [0.25, 0.3) is 5.91 Å². The quantitative estimate of drug-likeness (QED) is 0.494. The molecule has 2 amide bonds. The number of furan rings is 1. The fourth-order valence-corrected chi connectivity index (χ4v) is 3.17. The monoisotopic (exact) mass is 412 g/mol. The van der Waals surface area contributed by atoms with Gasteiger partial charge in [-0.15, -0.1) is 0 Å². The number of aryl methyl sites for hydroxylation is 1. The first-order valence-corrected chi connectivity index (χ1v) is 9.39. The molecule has 0 spiro atoms. The summed E-state index contributed by atoms with van der Waals surface area (Å²) in [6, 6.07) is 13.6. The zero-order chi connectivity index (χ0) is 21.7. The molecule has 1 aromatic heterocycles. The van der Waals surface area contributed by atoms with Crippen molar-refractivity contribution >= 4 is 22.8 Å². The first kappa shape index (κ1) is 21.4. The standard InChI is InChI=1S/C22H24N2O6/c1-13-20(22(27)24-17(11-25)21(23)26)16-10-15(8-9-18(16)29-13)30-19(12-28-2)14-6-4-3-5-7-14/h3-10,17,19,25H,11-12H2,1-2H3,(H2,23,26)(H,24,27). The van der Waals surface area contributed by atoms with Crippen molar-refractivity contribution in [2.75, 3.05) is 20.3 Å². The zero-order valence-corrected chi connectivity index (χ0v) is 16.8. The van der Waals surface area contributed by atoms with E-state index in [1.165, 1.54) is 0 Å². The maximum absolute atomic E-state index is 12.7. The lowest BCUT2D eigenvalue weighted by molar-refractivity contribution is -0.120. The molecule has 2 unspecified atom stereocenters. The van der Waals surface area contributed by atoms with Crippen LogP contribution in [0.3, 0.4) is 0 Å². The Morgan fingerprint density at radius 1 is 1.20 bits per heavy atom. The molecule has 0 aliphatic rings. The normalized spacial score (nSPS) is 13.0. The maximum Gasteiger partial charge on any atom is 0.256 e. The number of ether oxygens (including phenoxy) is 2. The van der Waals surface area contributed by atoms with Crippen LogP contribution in [-0.2, 0) is 9.53 Å². The Balaban J connectivity index is 1.92. The van der Waals surface area contributed by atoms with E-state index in [9.17, 15) is 14.7 Å². The van der Waals surface area contributed by atoms with Crippen molar-refractivity contribution in [1.29, 1.82) is 0 Å². The molecule has 3 aromatic rings. The number of primary amides is 1. The van der Waals surface area contributed by atoms with Crippen LogP contribution < -0.4 is 15.8 Å². The Kier molecular flexibility index (Phi) is 6.71. The highest BCUT2D eigenvalue weighted by molar-refractivity contribution is 6.08. The summed E-state index contributed by atoms with van der Waals surface area (Å²) in [5.74, 6) is -0.502. The predicted octanol–water partition coefficient (Wildman–Crippen LogP) is 2.08. The second kappa shape index (κ2) is 9.43. The highest BCUT2D eigenvalue weighted by atomic mass is 16.5. The molecule has 0 radical (unpaired) electrons. The highest BCUT2D eigenvalue weighted by Crippen LogP contribution is 2.31. The minimum Gasteiger partial charge on any atom is -0.483 e. The van der Waals surface area contributed by atoms with E-state index in [0.717, 1.165) is 5.56 Å². The molecule has 0 aliphatic heterocycles. The van der Waals surface area contributed by atoms with Gasteiger partial charge in [-0.2, -0.15) is 0 Å². The van der Waals surface area contributed by atoms with Crippen molar-refractivity contribution in [3.05, 3.63) is 65.4 Å². The second-order valence-electron chi connectivity index (χ2n) is 6.77. The number of carbonyl (C=O) groups excluding carboxylic acids is 2. The Labute approximate surface area is 173 Å². The first-order valence-electron chi connectivity index (χ1n) is 9.39. The molecule has 1 heterocycles. The molecule has 0 aliphatic carbocycles. The number of aliphatic hydroxyl groups is 1. The van der Waals surface area contributed by atoms with Crippen LogP contribution >= 0.6 is 0 Å². The van der Waals surface area contributed by atoms with Crippen LogP contribution in [0.2, 0.25) is 0 Å². The maximum atomic E-state index is 12.7. The summed E-state index contributed by atoms with van der Waals surface area (Å²) < 4.78 is 17.1. The van der Waals surface area contributed by atoms with Crippen molar-refractivity contribution in [2.24, 2.45) is 5.73 Å². The number of amides is 2. The Hall–Kier alpha value is -3.36. The lowest BCUT2D eigenvalue weighted by Gasteiger charge is -2.19. The Bertz CT molecular complexity index is 1030. The summed E-state index contributed by atoms with van der Waals surface area (Å²) >= 11 is 0. The van der Waals surface area contributed by atoms with E-state index >= 15 is 0 Å². The van der Waals surface area contributed by atoms with E-state index in [1.54, 1.807) is 32.2 Å². The van der Waals surface area contributed by atoms with E-state index < -0.39 is 24.5 Å². The number of fused-ring (bicyclic) bond motifs is 1. The van der Waals surface area contributed by atoms with Crippen molar-refractivity contribution in [1.82, 2.24) is 5.32 Å². The Morgan fingerprint density at radius 3 is 2.57 bits per heavy atom. The fourth-order valence-electron chi connectivity index (χ4n) is 3.17. The molecule has 0 saturated heterocycles. The molecular formula is C22H24N2O6. The third kappa shape index (κ3) is 4.61. The van der Waals surface area contributed by atoms with Crippen molar-refractivity contribution in [3.63, 3.8) is 0 Å². The molecule has 4 N–H and O–H groups in total. The van der Waals surface area contributed by atoms with Gasteiger partial charge in [0.2, 0.25) is 5.91 Å². The summed E-state index contributed by atoms with van der Waals surface area (Å²) in [7, 11) is 1.60. The molecule has 8 nitrogen and oxygen atoms in total. The summed E-state index contributed by atoms with van der Waals surface area (Å²) in [5, 5.41) is 12.2. The van der Waals surface area contributed by atoms with E-state index in [2.05, 4.69) is 5.32 Å². The highest BCUT2D eigenvalue weighted by Gasteiger charge is 2.24. The topological polar surface area (TPSA) is 124 Å². The zero-order valence-electron chi connectivity index (χ0n) is 16.8. The molecule has 2 atom stereocenters. The molecule has 0 fully saturated rings. The SMILES string of the molecule is COCC(Oc1ccc2oc(C)c(C(=O)NC(CO)C(N)=O)c2c1)c1ccccc1. The number of aliphatic hydroxyl groups excluding tert-OH is 1. The van der Waals surface area contributed by atoms with E-state index in [-0.39, 0.29) is 11.7 Å². The average molecular weight is 412 g/mol. The number of hydrogen-bond acceptors (Lipinski definition) is 6. The van der Waals surface area contributed by atoms with Gasteiger partial charge in [-0.1, -0.05) is 30.3 Å². The van der Waals surface area contributed by atoms with Gasteiger partial charge < -0.3 is 30.0 Å². The van der Waals surface area contributed by atoms with Crippen molar-refractivity contribution in [3.8, 4) is 5.75 Å². The van der Waals surface area contributed by atoms with Crippen LogP contribution in [0.5, 0.6) is 5.75 Å². The molecule has 0 saturated carbocycles. The fraction of sp³-hybridized carbons (Fsp3) is 0.273. The van der Waals surface area contributed by atoms with Crippen LogP contribution in [-0.4, -0.2) is 43.3 Å². The summed E-state index contributed by atoms with van der Waals surface area (Å²) in [5.41, 5.74) is 6.89. The van der Waals surface area contributed by atoms with E-state index in [0.29, 0.717) is 29.1 Å². The van der Waals surface area contributed by atoms with Crippen LogP contribution in [0.4, 0.5) is 0 Å². The van der Waals surface area contributed by atoms with Gasteiger partial charge >= 0.3 is 0 Å². The summed E-state index contributed by atoms with van der Waals surface area (Å²) in [6.45, 7) is 1.39. The van der Waals surface area contributed by atoms with Gasteiger partial charge in [0.15, 0.2) is 0 Å². The molecule has 3 rings (SSSR count).